The summed E-state index contributed by atoms with van der Waals surface area (Å²) in [7, 11) is 0. The van der Waals surface area contributed by atoms with Crippen LogP contribution in [-0.4, -0.2) is 4.92 Å². The van der Waals surface area contributed by atoms with E-state index < -0.39 is 0 Å². The van der Waals surface area contributed by atoms with Crippen molar-refractivity contribution in [1.29, 1.82) is 0 Å². The highest BCUT2D eigenvalue weighted by atomic mass is 79.9. The van der Waals surface area contributed by atoms with Gasteiger partial charge in [-0.25, -0.2) is 0 Å². The van der Waals surface area contributed by atoms with Crippen molar-refractivity contribution in [3.05, 3.63) is 49.1 Å². The van der Waals surface area contributed by atoms with Gasteiger partial charge in [-0.15, -0.1) is 0 Å². The highest BCUT2D eigenvalue weighted by Crippen LogP contribution is 2.25. The van der Waals surface area contributed by atoms with Gasteiger partial charge in [0.1, 0.15) is 0 Å². The van der Waals surface area contributed by atoms with Gasteiger partial charge < -0.3 is 0 Å². The van der Waals surface area contributed by atoms with E-state index in [1.807, 2.05) is 13.8 Å². The minimum Gasteiger partial charge on any atom is -0.259 e. The van der Waals surface area contributed by atoms with E-state index in [4.69, 9.17) is 11.6 Å². The fourth-order valence-corrected chi connectivity index (χ4v) is 2.20. The Kier molecular flexibility index (Phi) is 5.15. The van der Waals surface area contributed by atoms with Crippen molar-refractivity contribution in [2.24, 2.45) is 5.92 Å². The van der Waals surface area contributed by atoms with Gasteiger partial charge in [-0.3, -0.25) is 10.1 Å². The zero-order valence-electron chi connectivity index (χ0n) is 9.61. The number of allylic oxidation sites excluding steroid dienone is 1. The van der Waals surface area contributed by atoms with E-state index in [1.54, 1.807) is 24.3 Å². The van der Waals surface area contributed by atoms with E-state index >= 15 is 0 Å². The van der Waals surface area contributed by atoms with Crippen molar-refractivity contribution >= 4 is 33.6 Å². The highest BCUT2D eigenvalue weighted by molar-refractivity contribution is 9.10. The number of benzene rings is 1. The second-order valence-electron chi connectivity index (χ2n) is 4.16. The van der Waals surface area contributed by atoms with Gasteiger partial charge in [0.25, 0.3) is 0 Å². The van der Waals surface area contributed by atoms with Crippen LogP contribution in [0.3, 0.4) is 0 Å². The molecule has 0 aliphatic heterocycles. The molecule has 5 heteroatoms. The third kappa shape index (κ3) is 4.48. The molecule has 0 fully saturated rings. The smallest absolute Gasteiger partial charge is 0.247 e. The third-order valence-corrected chi connectivity index (χ3v) is 3.06. The van der Waals surface area contributed by atoms with Crippen LogP contribution in [-0.2, 0) is 0 Å². The minimum absolute atomic E-state index is 0.211. The normalized spacial score (nSPS) is 11.9. The van der Waals surface area contributed by atoms with Crippen molar-refractivity contribution < 1.29 is 4.92 Å². The number of nitrogens with zero attached hydrogens (tertiary/aromatic N) is 1. The van der Waals surface area contributed by atoms with Gasteiger partial charge in [0.15, 0.2) is 0 Å². The van der Waals surface area contributed by atoms with Gasteiger partial charge in [-0.1, -0.05) is 47.4 Å². The summed E-state index contributed by atoms with van der Waals surface area (Å²) in [5, 5.41) is 11.5. The first-order valence-corrected chi connectivity index (χ1v) is 6.37. The Morgan fingerprint density at radius 3 is 2.71 bits per heavy atom. The van der Waals surface area contributed by atoms with Crippen LogP contribution >= 0.6 is 27.5 Å². The van der Waals surface area contributed by atoms with E-state index in [1.165, 1.54) is 0 Å². The molecule has 0 bridgehead atoms. The maximum absolute atomic E-state index is 10.9. The molecule has 3 nitrogen and oxygen atoms in total. The summed E-state index contributed by atoms with van der Waals surface area (Å²) in [6.45, 7) is 3.91. The Morgan fingerprint density at radius 2 is 2.24 bits per heavy atom. The fourth-order valence-electron chi connectivity index (χ4n) is 1.40. The van der Waals surface area contributed by atoms with Gasteiger partial charge >= 0.3 is 0 Å². The number of hydrogen-bond acceptors (Lipinski definition) is 2. The zero-order chi connectivity index (χ0) is 13.0. The number of rotatable bonds is 4. The molecule has 0 saturated heterocycles. The molecule has 1 aromatic rings. The minimum atomic E-state index is -0.332. The van der Waals surface area contributed by atoms with Crippen molar-refractivity contribution in [3.63, 3.8) is 0 Å². The quantitative estimate of drug-likeness (QED) is 0.593. The molecule has 0 N–H and O–H groups in total. The molecule has 0 aliphatic carbocycles. The lowest BCUT2D eigenvalue weighted by Crippen LogP contribution is -2.02. The molecular formula is C12H13BrClNO2. The van der Waals surface area contributed by atoms with E-state index in [0.717, 1.165) is 10.0 Å². The molecule has 1 rings (SSSR count). The molecule has 0 atom stereocenters. The lowest BCUT2D eigenvalue weighted by Gasteiger charge is -2.03. The van der Waals surface area contributed by atoms with Crippen LogP contribution in [0.25, 0.3) is 6.08 Å². The Hall–Kier alpha value is -0.870. The van der Waals surface area contributed by atoms with Crippen LogP contribution < -0.4 is 0 Å². The van der Waals surface area contributed by atoms with Gasteiger partial charge in [0, 0.05) is 22.0 Å². The Bertz CT molecular complexity index is 458. The van der Waals surface area contributed by atoms with Crippen LogP contribution in [0.5, 0.6) is 0 Å². The second kappa shape index (κ2) is 6.17. The first kappa shape index (κ1) is 14.2. The van der Waals surface area contributed by atoms with Crippen LogP contribution in [0, 0.1) is 16.0 Å². The number of halogens is 2. The highest BCUT2D eigenvalue weighted by Gasteiger charge is 2.13. The molecule has 0 unspecified atom stereocenters. The van der Waals surface area contributed by atoms with Crippen LogP contribution in [0.1, 0.15) is 25.8 Å². The third-order valence-electron chi connectivity index (χ3n) is 2.14. The monoisotopic (exact) mass is 317 g/mol. The van der Waals surface area contributed by atoms with Crippen LogP contribution in [0.15, 0.2) is 28.4 Å². The summed E-state index contributed by atoms with van der Waals surface area (Å²) >= 11 is 9.16. The molecule has 0 radical (unpaired) electrons. The zero-order valence-corrected chi connectivity index (χ0v) is 12.0. The van der Waals surface area contributed by atoms with Crippen molar-refractivity contribution in [2.75, 3.05) is 0 Å². The summed E-state index contributed by atoms with van der Waals surface area (Å²) in [6.07, 6.45) is 2.03. The lowest BCUT2D eigenvalue weighted by molar-refractivity contribution is -0.427. The van der Waals surface area contributed by atoms with E-state index in [9.17, 15) is 10.1 Å². The SMILES string of the molecule is CC(C)C/C(=C/c1ccc(Cl)cc1Br)[N+](=O)[O-]. The molecular weight excluding hydrogens is 305 g/mol. The first-order valence-electron chi connectivity index (χ1n) is 5.20. The average Bonchev–Trinajstić information content (AvgIpc) is 2.19. The van der Waals surface area contributed by atoms with Crippen molar-refractivity contribution in [2.45, 2.75) is 20.3 Å². The summed E-state index contributed by atoms with van der Waals surface area (Å²) in [4.78, 5) is 10.6. The topological polar surface area (TPSA) is 43.1 Å². The molecule has 0 aliphatic rings. The fraction of sp³-hybridized carbons (Fsp3) is 0.333. The summed E-state index contributed by atoms with van der Waals surface area (Å²) in [5.41, 5.74) is 0.977. The van der Waals surface area contributed by atoms with Crippen LogP contribution in [0.2, 0.25) is 5.02 Å². The van der Waals surface area contributed by atoms with E-state index in [2.05, 4.69) is 15.9 Å². The molecule has 0 saturated carbocycles. The van der Waals surface area contributed by atoms with Crippen LogP contribution in [0.4, 0.5) is 0 Å². The second-order valence-corrected chi connectivity index (χ2v) is 5.45. The number of hydrogen-bond donors (Lipinski definition) is 0. The summed E-state index contributed by atoms with van der Waals surface area (Å²) < 4.78 is 0.758. The Balaban J connectivity index is 3.08. The molecule has 0 heterocycles. The van der Waals surface area contributed by atoms with E-state index in [-0.39, 0.29) is 16.5 Å². The maximum atomic E-state index is 10.9. The molecule has 0 aromatic heterocycles. The molecule has 0 spiro atoms. The summed E-state index contributed by atoms with van der Waals surface area (Å²) in [6, 6.07) is 5.20. The standard InChI is InChI=1S/C12H13BrClNO2/c1-8(2)5-11(15(16)17)6-9-3-4-10(14)7-12(9)13/h3-4,6-8H,5H2,1-2H3/b11-6-. The van der Waals surface area contributed by atoms with Gasteiger partial charge in [-0.05, 0) is 23.6 Å². The van der Waals surface area contributed by atoms with Gasteiger partial charge in [-0.2, -0.15) is 0 Å². The molecule has 17 heavy (non-hydrogen) atoms. The predicted molar refractivity (Wildman–Crippen MR) is 73.6 cm³/mol. The Labute approximate surface area is 114 Å². The van der Waals surface area contributed by atoms with Crippen molar-refractivity contribution in [1.82, 2.24) is 0 Å². The summed E-state index contributed by atoms with van der Waals surface area (Å²) in [5.74, 6) is 0.248. The first-order chi connectivity index (χ1) is 7.90. The predicted octanol–water partition coefficient (Wildman–Crippen LogP) is 4.77. The molecule has 1 aromatic carbocycles. The van der Waals surface area contributed by atoms with Gasteiger partial charge in [0.05, 0.1) is 4.92 Å². The molecule has 92 valence electrons. The maximum Gasteiger partial charge on any atom is 0.247 e. The number of nitro groups is 1. The van der Waals surface area contributed by atoms with Crippen molar-refractivity contribution in [3.8, 4) is 0 Å². The molecule has 0 amide bonds. The van der Waals surface area contributed by atoms with E-state index in [0.29, 0.717) is 11.4 Å². The Morgan fingerprint density at radius 1 is 1.59 bits per heavy atom. The largest absolute Gasteiger partial charge is 0.259 e. The van der Waals surface area contributed by atoms with Gasteiger partial charge in [0.2, 0.25) is 5.70 Å². The average molecular weight is 319 g/mol. The lowest BCUT2D eigenvalue weighted by atomic mass is 10.1.